The van der Waals surface area contributed by atoms with Gasteiger partial charge in [0.25, 0.3) is 0 Å². The van der Waals surface area contributed by atoms with Crippen molar-refractivity contribution in [3.63, 3.8) is 0 Å². The SMILES string of the molecule is CC.NC1CCCOC1c1sc2c(NCc3cccs3)cc(Cl)nc2c1Br. The molecule has 0 spiro atoms. The van der Waals surface area contributed by atoms with Crippen LogP contribution in [-0.2, 0) is 11.3 Å². The normalized spacial score (nSPS) is 19.6. The van der Waals surface area contributed by atoms with E-state index < -0.39 is 0 Å². The van der Waals surface area contributed by atoms with E-state index in [1.165, 1.54) is 4.88 Å². The average Bonchev–Trinajstić information content (AvgIpc) is 3.31. The predicted molar refractivity (Wildman–Crippen MR) is 121 cm³/mol. The molecule has 0 aliphatic carbocycles. The molecular formula is C19H23BrClN3OS2. The maximum atomic E-state index is 6.29. The summed E-state index contributed by atoms with van der Waals surface area (Å²) in [5.41, 5.74) is 8.15. The van der Waals surface area contributed by atoms with Crippen LogP contribution in [0.25, 0.3) is 10.2 Å². The molecule has 1 saturated heterocycles. The number of aromatic nitrogens is 1. The third-order valence-corrected chi connectivity index (χ3v) is 7.65. The minimum atomic E-state index is -0.0914. The quantitative estimate of drug-likeness (QED) is 0.407. The highest BCUT2D eigenvalue weighted by Gasteiger charge is 2.29. The van der Waals surface area contributed by atoms with Crippen LogP contribution in [-0.4, -0.2) is 17.6 Å². The van der Waals surface area contributed by atoms with E-state index in [1.807, 2.05) is 19.9 Å². The lowest BCUT2D eigenvalue weighted by molar-refractivity contribution is 0.00202. The Morgan fingerprint density at radius 1 is 1.44 bits per heavy atom. The number of halogens is 2. The number of rotatable bonds is 4. The molecule has 1 aliphatic heterocycles. The minimum absolute atomic E-state index is 0.0103. The third-order valence-electron chi connectivity index (χ3n) is 4.24. The van der Waals surface area contributed by atoms with Gasteiger partial charge < -0.3 is 15.8 Å². The second kappa shape index (κ2) is 9.67. The molecule has 3 aromatic heterocycles. The van der Waals surface area contributed by atoms with Crippen molar-refractivity contribution in [1.29, 1.82) is 0 Å². The molecule has 1 fully saturated rings. The molecule has 2 atom stereocenters. The molecule has 1 aliphatic rings. The molecule has 0 radical (unpaired) electrons. The largest absolute Gasteiger partial charge is 0.379 e. The van der Waals surface area contributed by atoms with Gasteiger partial charge in [-0.1, -0.05) is 31.5 Å². The van der Waals surface area contributed by atoms with Crippen molar-refractivity contribution >= 4 is 66.1 Å². The van der Waals surface area contributed by atoms with Crippen LogP contribution in [0.2, 0.25) is 5.15 Å². The van der Waals surface area contributed by atoms with Gasteiger partial charge in [0.15, 0.2) is 0 Å². The Labute approximate surface area is 181 Å². The Morgan fingerprint density at radius 3 is 2.96 bits per heavy atom. The maximum Gasteiger partial charge on any atom is 0.131 e. The number of fused-ring (bicyclic) bond motifs is 1. The minimum Gasteiger partial charge on any atom is -0.379 e. The molecule has 4 rings (SSSR count). The molecular weight excluding hydrogens is 466 g/mol. The van der Waals surface area contributed by atoms with E-state index in [-0.39, 0.29) is 12.1 Å². The van der Waals surface area contributed by atoms with E-state index in [2.05, 4.69) is 43.7 Å². The number of nitrogens with two attached hydrogens (primary N) is 1. The summed E-state index contributed by atoms with van der Waals surface area (Å²) < 4.78 is 7.97. The van der Waals surface area contributed by atoms with E-state index in [1.54, 1.807) is 22.7 Å². The monoisotopic (exact) mass is 487 g/mol. The summed E-state index contributed by atoms with van der Waals surface area (Å²) >= 11 is 13.4. The fourth-order valence-electron chi connectivity index (χ4n) is 3.01. The Balaban J connectivity index is 0.00000102. The fourth-order valence-corrected chi connectivity index (χ4v) is 5.99. The van der Waals surface area contributed by atoms with Gasteiger partial charge in [-0.25, -0.2) is 4.98 Å². The van der Waals surface area contributed by atoms with Crippen LogP contribution in [0.4, 0.5) is 5.69 Å². The summed E-state index contributed by atoms with van der Waals surface area (Å²) in [5, 5.41) is 6.04. The van der Waals surface area contributed by atoms with Crippen LogP contribution in [0.15, 0.2) is 28.1 Å². The van der Waals surface area contributed by atoms with Crippen LogP contribution in [0.5, 0.6) is 0 Å². The smallest absolute Gasteiger partial charge is 0.131 e. The fraction of sp³-hybridized carbons (Fsp3) is 0.421. The molecule has 8 heteroatoms. The molecule has 0 aromatic carbocycles. The first-order valence-electron chi connectivity index (χ1n) is 9.05. The topological polar surface area (TPSA) is 60.2 Å². The van der Waals surface area contributed by atoms with Gasteiger partial charge in [-0.05, 0) is 40.2 Å². The lowest BCUT2D eigenvalue weighted by atomic mass is 10.0. The molecule has 27 heavy (non-hydrogen) atoms. The van der Waals surface area contributed by atoms with E-state index in [0.29, 0.717) is 5.15 Å². The first kappa shape index (κ1) is 21.0. The number of hydrogen-bond acceptors (Lipinski definition) is 6. The highest BCUT2D eigenvalue weighted by molar-refractivity contribution is 9.10. The number of thiophene rings is 2. The van der Waals surface area contributed by atoms with Crippen LogP contribution < -0.4 is 11.1 Å². The summed E-state index contributed by atoms with van der Waals surface area (Å²) in [6.07, 6.45) is 1.90. The van der Waals surface area contributed by atoms with Gasteiger partial charge in [0.1, 0.15) is 11.3 Å². The van der Waals surface area contributed by atoms with Crippen LogP contribution >= 0.6 is 50.2 Å². The van der Waals surface area contributed by atoms with Gasteiger partial charge in [-0.2, -0.15) is 0 Å². The van der Waals surface area contributed by atoms with Crippen molar-refractivity contribution in [2.45, 2.75) is 45.4 Å². The third kappa shape index (κ3) is 4.66. The lowest BCUT2D eigenvalue weighted by Crippen LogP contribution is -2.34. The van der Waals surface area contributed by atoms with Gasteiger partial charge in [0, 0.05) is 30.1 Å². The zero-order chi connectivity index (χ0) is 19.4. The number of nitrogens with zero attached hydrogens (tertiary/aromatic N) is 1. The highest BCUT2D eigenvalue weighted by Crippen LogP contribution is 2.45. The van der Waals surface area contributed by atoms with E-state index in [4.69, 9.17) is 22.1 Å². The first-order valence-corrected chi connectivity index (χ1v) is 11.9. The summed E-state index contributed by atoms with van der Waals surface area (Å²) in [7, 11) is 0. The van der Waals surface area contributed by atoms with E-state index in [0.717, 1.165) is 51.2 Å². The molecule has 146 valence electrons. The molecule has 4 nitrogen and oxygen atoms in total. The Bertz CT molecular complexity index is 885. The maximum absolute atomic E-state index is 6.29. The molecule has 4 heterocycles. The number of ether oxygens (including phenoxy) is 1. The van der Waals surface area contributed by atoms with Gasteiger partial charge >= 0.3 is 0 Å². The Morgan fingerprint density at radius 2 is 2.26 bits per heavy atom. The van der Waals surface area contributed by atoms with Crippen molar-refractivity contribution in [3.8, 4) is 0 Å². The lowest BCUT2D eigenvalue weighted by Gasteiger charge is -2.28. The van der Waals surface area contributed by atoms with Gasteiger partial charge in [0.2, 0.25) is 0 Å². The Kier molecular flexibility index (Phi) is 7.53. The highest BCUT2D eigenvalue weighted by atomic mass is 79.9. The summed E-state index contributed by atoms with van der Waals surface area (Å²) in [6, 6.07) is 6.06. The Hall–Kier alpha value is -0.700. The van der Waals surface area contributed by atoms with E-state index in [9.17, 15) is 0 Å². The molecule has 0 amide bonds. The van der Waals surface area contributed by atoms with Crippen molar-refractivity contribution in [1.82, 2.24) is 4.98 Å². The molecule has 2 unspecified atom stereocenters. The van der Waals surface area contributed by atoms with Crippen LogP contribution in [0.3, 0.4) is 0 Å². The molecule has 3 aromatic rings. The van der Waals surface area contributed by atoms with Crippen molar-refractivity contribution < 1.29 is 4.74 Å². The summed E-state index contributed by atoms with van der Waals surface area (Å²) in [6.45, 7) is 5.51. The summed E-state index contributed by atoms with van der Waals surface area (Å²) in [4.78, 5) is 6.88. The predicted octanol–water partition coefficient (Wildman–Crippen LogP) is 6.59. The standard InChI is InChI=1S/C17H17BrClN3OS2.C2H6/c18-13-14-16(25-17(13)15-10(20)4-1-5-23-15)11(7-12(19)22-14)21-8-9-3-2-6-24-9;1-2/h2-3,6-7,10,15H,1,4-5,8,20H2,(H,21,22);1-2H3. The van der Waals surface area contributed by atoms with Gasteiger partial charge in [-0.3, -0.25) is 0 Å². The van der Waals surface area contributed by atoms with Crippen molar-refractivity contribution in [3.05, 3.63) is 43.0 Å². The average molecular weight is 489 g/mol. The van der Waals surface area contributed by atoms with Gasteiger partial charge in [0.05, 0.1) is 25.3 Å². The van der Waals surface area contributed by atoms with Crippen molar-refractivity contribution in [2.75, 3.05) is 11.9 Å². The molecule has 0 saturated carbocycles. The number of pyridine rings is 1. The molecule has 0 bridgehead atoms. The second-order valence-electron chi connectivity index (χ2n) is 5.98. The zero-order valence-electron chi connectivity index (χ0n) is 15.3. The number of hydrogen-bond donors (Lipinski definition) is 2. The van der Waals surface area contributed by atoms with Crippen molar-refractivity contribution in [2.24, 2.45) is 5.73 Å². The van der Waals surface area contributed by atoms with Crippen LogP contribution in [0.1, 0.15) is 42.5 Å². The van der Waals surface area contributed by atoms with Gasteiger partial charge in [-0.15, -0.1) is 22.7 Å². The molecule has 3 N–H and O–H groups in total. The summed E-state index contributed by atoms with van der Waals surface area (Å²) in [5.74, 6) is 0. The second-order valence-corrected chi connectivity index (χ2v) is 9.25. The number of anilines is 1. The first-order chi connectivity index (χ1) is 13.1. The number of nitrogens with one attached hydrogen (secondary N) is 1. The zero-order valence-corrected chi connectivity index (χ0v) is 19.3. The van der Waals surface area contributed by atoms with Crippen LogP contribution in [0, 0.1) is 0 Å². The van der Waals surface area contributed by atoms with E-state index >= 15 is 0 Å².